The zero-order valence-corrected chi connectivity index (χ0v) is 33.7. The Bertz CT molecular complexity index is 3470. The van der Waals surface area contributed by atoms with Gasteiger partial charge in [0, 0.05) is 32.3 Å². The summed E-state index contributed by atoms with van der Waals surface area (Å²) in [5, 5.41) is 3.57. The van der Waals surface area contributed by atoms with E-state index in [1.54, 1.807) is 11.3 Å². The number of rotatable bonds is 4. The van der Waals surface area contributed by atoms with Crippen LogP contribution in [-0.2, 0) is 5.41 Å². The van der Waals surface area contributed by atoms with Crippen LogP contribution in [0.25, 0.3) is 87.1 Å². The summed E-state index contributed by atoms with van der Waals surface area (Å²) in [5.74, 6) is 2.48. The van der Waals surface area contributed by atoms with Crippen LogP contribution in [-0.4, -0.2) is 9.97 Å². The second-order valence-electron chi connectivity index (χ2n) is 16.1. The van der Waals surface area contributed by atoms with Gasteiger partial charge in [-0.1, -0.05) is 152 Å². The van der Waals surface area contributed by atoms with E-state index in [0.29, 0.717) is 5.82 Å². The van der Waals surface area contributed by atoms with E-state index in [0.717, 1.165) is 77.3 Å². The van der Waals surface area contributed by atoms with Gasteiger partial charge in [-0.2, -0.15) is 0 Å². The third-order valence-corrected chi connectivity index (χ3v) is 13.9. The second kappa shape index (κ2) is 13.2. The first kappa shape index (κ1) is 34.2. The van der Waals surface area contributed by atoms with Crippen molar-refractivity contribution in [1.29, 1.82) is 0 Å². The van der Waals surface area contributed by atoms with Crippen molar-refractivity contribution in [3.8, 4) is 67.5 Å². The van der Waals surface area contributed by atoms with Crippen LogP contribution < -0.4 is 4.74 Å². The molecule has 0 fully saturated rings. The summed E-state index contributed by atoms with van der Waals surface area (Å²) >= 11 is 1.77. The molecule has 1 aliphatic heterocycles. The highest BCUT2D eigenvalue weighted by Gasteiger charge is 2.51. The Morgan fingerprint density at radius 2 is 0.967 bits per heavy atom. The van der Waals surface area contributed by atoms with Crippen LogP contribution in [0.1, 0.15) is 22.3 Å². The Balaban J connectivity index is 1.09. The minimum Gasteiger partial charge on any atom is -0.457 e. The lowest BCUT2D eigenvalue weighted by Gasteiger charge is -2.39. The number of thiophene rings is 1. The topological polar surface area (TPSA) is 35.0 Å². The van der Waals surface area contributed by atoms with E-state index in [1.807, 2.05) is 0 Å². The van der Waals surface area contributed by atoms with Crippen molar-refractivity contribution < 1.29 is 4.74 Å². The van der Waals surface area contributed by atoms with E-state index in [-0.39, 0.29) is 0 Å². The first-order valence-corrected chi connectivity index (χ1v) is 21.5. The molecule has 0 atom stereocenters. The summed E-state index contributed by atoms with van der Waals surface area (Å²) < 4.78 is 8.94. The Kier molecular flexibility index (Phi) is 7.39. The van der Waals surface area contributed by atoms with Crippen LogP contribution in [0.5, 0.6) is 11.5 Å². The van der Waals surface area contributed by atoms with Crippen molar-refractivity contribution in [2.24, 2.45) is 0 Å². The fraction of sp³-hybridized carbons (Fsp3) is 0.0175. The average Bonchev–Trinajstić information content (AvgIpc) is 3.84. The van der Waals surface area contributed by atoms with Crippen molar-refractivity contribution in [3.63, 3.8) is 0 Å². The Morgan fingerprint density at radius 3 is 1.67 bits per heavy atom. The van der Waals surface area contributed by atoms with Gasteiger partial charge in [-0.05, 0) is 110 Å². The molecule has 284 valence electrons. The van der Waals surface area contributed by atoms with Crippen molar-refractivity contribution >= 4 is 42.4 Å². The lowest BCUT2D eigenvalue weighted by Crippen LogP contribution is -2.32. The molecule has 2 aromatic heterocycles. The maximum atomic E-state index is 6.66. The van der Waals surface area contributed by atoms with Gasteiger partial charge >= 0.3 is 0 Å². The van der Waals surface area contributed by atoms with Crippen molar-refractivity contribution in [1.82, 2.24) is 9.97 Å². The molecule has 1 spiro atoms. The van der Waals surface area contributed by atoms with E-state index in [4.69, 9.17) is 14.7 Å². The van der Waals surface area contributed by atoms with E-state index in [9.17, 15) is 0 Å². The number of hydrogen-bond donors (Lipinski definition) is 0. The Labute approximate surface area is 356 Å². The molecule has 1 aliphatic carbocycles. The molecule has 0 bridgehead atoms. The third kappa shape index (κ3) is 5.10. The first-order valence-electron chi connectivity index (χ1n) is 20.7. The summed E-state index contributed by atoms with van der Waals surface area (Å²) in [6.45, 7) is 0. The number of nitrogens with zero attached hydrogens (tertiary/aromatic N) is 2. The number of fused-ring (bicyclic) bond motifs is 13. The maximum absolute atomic E-state index is 6.66. The molecule has 0 unspecified atom stereocenters. The van der Waals surface area contributed by atoms with E-state index >= 15 is 0 Å². The van der Waals surface area contributed by atoms with E-state index in [1.165, 1.54) is 37.7 Å². The SMILES string of the molecule is c1ccc(-c2cc(-c3ccccc3)cc(-c3nc(-c4ccc5c(c4)-c4cc6ccccc6cc4C54c5ccccc5Oc5ccccc54)c4sc5ccccc5c4n3)c2)cc1. The summed E-state index contributed by atoms with van der Waals surface area (Å²) in [4.78, 5) is 11.0. The highest BCUT2D eigenvalue weighted by molar-refractivity contribution is 7.26. The number of aromatic nitrogens is 2. The lowest BCUT2D eigenvalue weighted by molar-refractivity contribution is 0.436. The average molecular weight is 795 g/mol. The maximum Gasteiger partial charge on any atom is 0.160 e. The molecule has 13 rings (SSSR count). The predicted molar refractivity (Wildman–Crippen MR) is 252 cm³/mol. The van der Waals surface area contributed by atoms with Crippen LogP contribution in [0.2, 0.25) is 0 Å². The predicted octanol–water partition coefficient (Wildman–Crippen LogP) is 15.1. The molecule has 9 aromatic carbocycles. The minimum absolute atomic E-state index is 0.575. The number of hydrogen-bond acceptors (Lipinski definition) is 4. The molecule has 4 heteroatoms. The standard InChI is InChI=1S/C57H34N2OS/c1-3-15-35(16-4-1)40-29-41(36-17-5-2-6-18-36)31-42(30-40)56-58-53(55-54(59-56)43-21-9-14-26-52(43)61-55)39-27-28-46-44(33-39)45-32-37-19-7-8-20-38(37)34-49(45)57(46)47-22-10-12-24-50(47)60-51-25-13-11-23-48(51)57/h1-34H. The van der Waals surface area contributed by atoms with Crippen LogP contribution in [0.4, 0.5) is 0 Å². The van der Waals surface area contributed by atoms with Crippen molar-refractivity contribution in [2.45, 2.75) is 5.41 Å². The van der Waals surface area contributed by atoms with Crippen molar-refractivity contribution in [3.05, 3.63) is 229 Å². The molecule has 61 heavy (non-hydrogen) atoms. The molecule has 3 nitrogen and oxygen atoms in total. The fourth-order valence-electron chi connectivity index (χ4n) is 10.0. The highest BCUT2D eigenvalue weighted by atomic mass is 32.1. The van der Waals surface area contributed by atoms with Crippen LogP contribution in [0.15, 0.2) is 206 Å². The zero-order chi connectivity index (χ0) is 40.1. The monoisotopic (exact) mass is 794 g/mol. The van der Waals surface area contributed by atoms with E-state index < -0.39 is 5.41 Å². The van der Waals surface area contributed by atoms with Gasteiger partial charge in [0.05, 0.1) is 21.3 Å². The molecule has 0 amide bonds. The Morgan fingerprint density at radius 1 is 0.393 bits per heavy atom. The summed E-state index contributed by atoms with van der Waals surface area (Å²) in [5.41, 5.74) is 15.2. The normalized spacial score (nSPS) is 13.2. The van der Waals surface area contributed by atoms with Gasteiger partial charge in [0.25, 0.3) is 0 Å². The molecule has 0 N–H and O–H groups in total. The smallest absolute Gasteiger partial charge is 0.160 e. The van der Waals surface area contributed by atoms with Gasteiger partial charge in [0.2, 0.25) is 0 Å². The van der Waals surface area contributed by atoms with Crippen molar-refractivity contribution in [2.75, 3.05) is 0 Å². The number of benzene rings is 9. The lowest BCUT2D eigenvalue weighted by atomic mass is 9.66. The second-order valence-corrected chi connectivity index (χ2v) is 17.1. The molecular weight excluding hydrogens is 761 g/mol. The molecule has 11 aromatic rings. The Hall–Kier alpha value is -7.66. The third-order valence-electron chi connectivity index (χ3n) is 12.7. The van der Waals surface area contributed by atoms with Gasteiger partial charge in [-0.15, -0.1) is 11.3 Å². The summed E-state index contributed by atoms with van der Waals surface area (Å²) in [6.07, 6.45) is 0. The molecule has 0 radical (unpaired) electrons. The van der Waals surface area contributed by atoms with Crippen LogP contribution >= 0.6 is 11.3 Å². The largest absolute Gasteiger partial charge is 0.457 e. The van der Waals surface area contributed by atoms with Crippen LogP contribution in [0.3, 0.4) is 0 Å². The molecular formula is C57H34N2OS. The van der Waals surface area contributed by atoms with Gasteiger partial charge < -0.3 is 4.74 Å². The summed E-state index contributed by atoms with van der Waals surface area (Å²) in [7, 11) is 0. The van der Waals surface area contributed by atoms with Gasteiger partial charge in [0.1, 0.15) is 11.5 Å². The quantitative estimate of drug-likeness (QED) is 0.178. The van der Waals surface area contributed by atoms with Crippen LogP contribution in [0, 0.1) is 0 Å². The van der Waals surface area contributed by atoms with E-state index in [2.05, 4.69) is 206 Å². The molecule has 2 aliphatic rings. The number of para-hydroxylation sites is 2. The molecule has 0 saturated heterocycles. The molecule has 0 saturated carbocycles. The fourth-order valence-corrected chi connectivity index (χ4v) is 11.2. The van der Waals surface area contributed by atoms with Gasteiger partial charge in [-0.25, -0.2) is 9.97 Å². The molecule has 3 heterocycles. The first-order chi connectivity index (χ1) is 30.2. The zero-order valence-electron chi connectivity index (χ0n) is 32.8. The number of ether oxygens (including phenoxy) is 1. The van der Waals surface area contributed by atoms with Gasteiger partial charge in [0.15, 0.2) is 5.82 Å². The highest BCUT2D eigenvalue weighted by Crippen LogP contribution is 2.63. The van der Waals surface area contributed by atoms with Gasteiger partial charge in [-0.3, -0.25) is 0 Å². The summed E-state index contributed by atoms with van der Waals surface area (Å²) in [6, 6.07) is 74.3. The minimum atomic E-state index is -0.575.